The maximum Gasteiger partial charge on any atom is 0.324 e. The number of methoxy groups -OCH3 is 1. The summed E-state index contributed by atoms with van der Waals surface area (Å²) in [5, 5.41) is 1.43. The first kappa shape index (κ1) is 24.0. The van der Waals surface area contributed by atoms with Crippen LogP contribution in [-0.2, 0) is 39.1 Å². The van der Waals surface area contributed by atoms with E-state index in [1.165, 1.54) is 11.4 Å². The van der Waals surface area contributed by atoms with Gasteiger partial charge in [0.05, 0.1) is 36.3 Å². The van der Waals surface area contributed by atoms with E-state index in [-0.39, 0.29) is 17.9 Å². The van der Waals surface area contributed by atoms with Gasteiger partial charge in [-0.15, -0.1) is 0 Å². The molecule has 1 aliphatic rings. The largest absolute Gasteiger partial charge is 0.468 e. The molecule has 0 radical (unpaired) electrons. The van der Waals surface area contributed by atoms with Crippen LogP contribution in [-0.4, -0.2) is 55.5 Å². The summed E-state index contributed by atoms with van der Waals surface area (Å²) in [6, 6.07) is 19.8. The second-order valence-corrected chi connectivity index (χ2v) is 10.9. The molecule has 0 fully saturated rings. The number of sulfonamides is 1. The summed E-state index contributed by atoms with van der Waals surface area (Å²) >= 11 is 0. The fraction of sp³-hybridized carbons (Fsp3) is 0.259. The number of carbonyl (C=O) groups excluding carboxylic acids is 1. The Kier molecular flexibility index (Phi) is 6.27. The number of hydrogen-bond acceptors (Lipinski definition) is 6. The number of ether oxygens (including phenoxy) is 1. The van der Waals surface area contributed by atoms with Crippen LogP contribution in [0.3, 0.4) is 0 Å². The van der Waals surface area contributed by atoms with Crippen molar-refractivity contribution in [1.29, 1.82) is 0 Å². The van der Waals surface area contributed by atoms with Gasteiger partial charge in [-0.25, -0.2) is 13.4 Å². The van der Waals surface area contributed by atoms with Crippen molar-refractivity contribution >= 4 is 32.5 Å². The summed E-state index contributed by atoms with van der Waals surface area (Å²) in [4.78, 5) is 19.4. The van der Waals surface area contributed by atoms with Crippen LogP contribution >= 0.6 is 0 Å². The van der Waals surface area contributed by atoms with Crippen LogP contribution < -0.4 is 4.90 Å². The number of esters is 1. The van der Waals surface area contributed by atoms with Crippen LogP contribution in [0, 0.1) is 0 Å². The molecule has 186 valence electrons. The van der Waals surface area contributed by atoms with Crippen molar-refractivity contribution < 1.29 is 17.9 Å². The number of fused-ring (bicyclic) bond motifs is 2. The van der Waals surface area contributed by atoms with Gasteiger partial charge in [0.25, 0.3) is 0 Å². The quantitative estimate of drug-likeness (QED) is 0.374. The van der Waals surface area contributed by atoms with Crippen LogP contribution in [0.25, 0.3) is 10.8 Å². The average Bonchev–Trinajstić information content (AvgIpc) is 3.28. The Labute approximate surface area is 210 Å². The van der Waals surface area contributed by atoms with E-state index < -0.39 is 22.0 Å². The number of benzene rings is 3. The van der Waals surface area contributed by atoms with Gasteiger partial charge in [-0.1, -0.05) is 54.6 Å². The highest BCUT2D eigenvalue weighted by molar-refractivity contribution is 7.89. The molecule has 0 spiro atoms. The van der Waals surface area contributed by atoms with Crippen molar-refractivity contribution in [2.24, 2.45) is 0 Å². The smallest absolute Gasteiger partial charge is 0.324 e. The normalized spacial score (nSPS) is 16.0. The van der Waals surface area contributed by atoms with Gasteiger partial charge >= 0.3 is 5.97 Å². The predicted molar refractivity (Wildman–Crippen MR) is 138 cm³/mol. The lowest BCUT2D eigenvalue weighted by Gasteiger charge is -2.33. The molecule has 0 saturated carbocycles. The lowest BCUT2D eigenvalue weighted by Crippen LogP contribution is -2.49. The lowest BCUT2D eigenvalue weighted by atomic mass is 10.1. The van der Waals surface area contributed by atoms with E-state index in [1.807, 2.05) is 72.1 Å². The minimum atomic E-state index is -4.07. The second-order valence-electron chi connectivity index (χ2n) is 9.07. The molecule has 0 amide bonds. The van der Waals surface area contributed by atoms with Gasteiger partial charge in [-0.2, -0.15) is 4.31 Å². The highest BCUT2D eigenvalue weighted by Gasteiger charge is 2.42. The van der Waals surface area contributed by atoms with Gasteiger partial charge in [0.1, 0.15) is 6.04 Å². The third-order valence-corrected chi connectivity index (χ3v) is 8.58. The summed E-state index contributed by atoms with van der Waals surface area (Å²) in [5.41, 5.74) is 3.47. The molecule has 0 bridgehead atoms. The van der Waals surface area contributed by atoms with E-state index >= 15 is 0 Å². The molecular weight excluding hydrogens is 476 g/mol. The number of anilines is 1. The Morgan fingerprint density at radius 2 is 1.75 bits per heavy atom. The van der Waals surface area contributed by atoms with E-state index in [4.69, 9.17) is 4.74 Å². The standard InChI is InChI=1S/C27H28N4O4S/c1-29(2)23-13-7-12-21-20(23)11-8-14-26(21)36(33,34)31-17-25-22(15-24(31)27(32)35-3)28-18-30(25)16-19-9-5-4-6-10-19/h4-14,18,24H,15-17H2,1-3H3/t24-/m0/s1. The van der Waals surface area contributed by atoms with Gasteiger partial charge in [0.15, 0.2) is 0 Å². The first-order valence-corrected chi connectivity index (χ1v) is 13.1. The first-order chi connectivity index (χ1) is 17.3. The molecule has 4 aromatic rings. The molecule has 1 aliphatic heterocycles. The SMILES string of the molecule is COC(=O)[C@@H]1Cc2ncn(Cc3ccccc3)c2CN1S(=O)(=O)c1cccc2c(N(C)C)cccc12. The molecule has 8 nitrogen and oxygen atoms in total. The number of hydrogen-bond donors (Lipinski definition) is 0. The molecule has 1 atom stereocenters. The Balaban J connectivity index is 1.61. The minimum Gasteiger partial charge on any atom is -0.468 e. The van der Waals surface area contributed by atoms with Crippen LogP contribution in [0.5, 0.6) is 0 Å². The van der Waals surface area contributed by atoms with Gasteiger partial charge in [0.2, 0.25) is 10.0 Å². The molecule has 5 rings (SSSR count). The van der Waals surface area contributed by atoms with Gasteiger partial charge in [-0.05, 0) is 17.7 Å². The van der Waals surface area contributed by atoms with Crippen molar-refractivity contribution in [3.63, 3.8) is 0 Å². The summed E-state index contributed by atoms with van der Waals surface area (Å²) in [7, 11) is 1.04. The van der Waals surface area contributed by atoms with E-state index in [0.29, 0.717) is 17.6 Å². The number of rotatable bonds is 6. The fourth-order valence-electron chi connectivity index (χ4n) is 4.86. The zero-order valence-electron chi connectivity index (χ0n) is 20.5. The molecule has 0 aliphatic carbocycles. The molecule has 0 saturated heterocycles. The van der Waals surface area contributed by atoms with E-state index in [2.05, 4.69) is 4.98 Å². The van der Waals surface area contributed by atoms with E-state index in [0.717, 1.165) is 22.3 Å². The maximum atomic E-state index is 14.2. The number of carbonyl (C=O) groups is 1. The second kappa shape index (κ2) is 9.40. The first-order valence-electron chi connectivity index (χ1n) is 11.7. The van der Waals surface area contributed by atoms with Crippen molar-refractivity contribution in [2.45, 2.75) is 30.4 Å². The van der Waals surface area contributed by atoms with Crippen molar-refractivity contribution in [2.75, 3.05) is 26.1 Å². The number of imidazole rings is 1. The van der Waals surface area contributed by atoms with Crippen molar-refractivity contribution in [3.05, 3.63) is 90.0 Å². The molecule has 36 heavy (non-hydrogen) atoms. The third kappa shape index (κ3) is 4.14. The maximum absolute atomic E-state index is 14.2. The van der Waals surface area contributed by atoms with E-state index in [9.17, 15) is 13.2 Å². The summed E-state index contributed by atoms with van der Waals surface area (Å²) in [6.07, 6.45) is 1.86. The van der Waals surface area contributed by atoms with Gasteiger partial charge in [0, 0.05) is 43.5 Å². The molecule has 1 aromatic heterocycles. The lowest BCUT2D eigenvalue weighted by molar-refractivity contribution is -0.145. The van der Waals surface area contributed by atoms with Crippen LogP contribution in [0.2, 0.25) is 0 Å². The summed E-state index contributed by atoms with van der Waals surface area (Å²) in [5.74, 6) is -0.601. The molecular formula is C27H28N4O4S. The topological polar surface area (TPSA) is 84.7 Å². The zero-order valence-corrected chi connectivity index (χ0v) is 21.3. The highest BCUT2D eigenvalue weighted by atomic mass is 32.2. The van der Waals surface area contributed by atoms with Crippen LogP contribution in [0.15, 0.2) is 78.0 Å². The number of nitrogens with zero attached hydrogens (tertiary/aromatic N) is 4. The molecule has 2 heterocycles. The van der Waals surface area contributed by atoms with Gasteiger partial charge < -0.3 is 14.2 Å². The third-order valence-electron chi connectivity index (χ3n) is 6.67. The average molecular weight is 505 g/mol. The predicted octanol–water partition coefficient (Wildman–Crippen LogP) is 3.44. The Morgan fingerprint density at radius 3 is 2.47 bits per heavy atom. The van der Waals surface area contributed by atoms with Crippen LogP contribution in [0.4, 0.5) is 5.69 Å². The Hall–Kier alpha value is -3.69. The molecule has 3 aromatic carbocycles. The van der Waals surface area contributed by atoms with Crippen LogP contribution in [0.1, 0.15) is 17.0 Å². The summed E-state index contributed by atoms with van der Waals surface area (Å²) in [6.45, 7) is 0.578. The summed E-state index contributed by atoms with van der Waals surface area (Å²) < 4.78 is 36.6. The Bertz CT molecular complexity index is 1530. The monoisotopic (exact) mass is 504 g/mol. The van der Waals surface area contributed by atoms with Crippen molar-refractivity contribution in [3.8, 4) is 0 Å². The van der Waals surface area contributed by atoms with Crippen molar-refractivity contribution in [1.82, 2.24) is 13.9 Å². The van der Waals surface area contributed by atoms with E-state index in [1.54, 1.807) is 24.5 Å². The minimum absolute atomic E-state index is 0.0219. The molecule has 9 heteroatoms. The highest BCUT2D eigenvalue weighted by Crippen LogP contribution is 2.35. The molecule has 0 unspecified atom stereocenters. The Morgan fingerprint density at radius 1 is 1.03 bits per heavy atom. The number of aromatic nitrogens is 2. The zero-order chi connectivity index (χ0) is 25.4. The fourth-order valence-corrected chi connectivity index (χ4v) is 6.60. The van der Waals surface area contributed by atoms with Gasteiger partial charge in [-0.3, -0.25) is 4.79 Å². The molecule has 0 N–H and O–H groups in total.